The maximum atomic E-state index is 15.2. The van der Waals surface area contributed by atoms with E-state index in [1.54, 1.807) is 0 Å². The molecule has 0 spiro atoms. The summed E-state index contributed by atoms with van der Waals surface area (Å²) in [5, 5.41) is 0. The van der Waals surface area contributed by atoms with Crippen molar-refractivity contribution in [3.05, 3.63) is 46.6 Å². The van der Waals surface area contributed by atoms with Crippen LogP contribution in [-0.2, 0) is 43.0 Å². The van der Waals surface area contributed by atoms with Crippen LogP contribution >= 0.6 is 0 Å². The molecule has 6 fully saturated rings. The van der Waals surface area contributed by atoms with Crippen molar-refractivity contribution >= 4 is 40.9 Å². The van der Waals surface area contributed by atoms with Crippen molar-refractivity contribution in [1.82, 2.24) is 0 Å². The van der Waals surface area contributed by atoms with Crippen LogP contribution in [0.3, 0.4) is 0 Å². The minimum absolute atomic E-state index is 0.00303. The standard InChI is InChI=1S/C65H86O9/c1-54(2)23-27-64(52(71)73-15)29-25-62(13)48(39(64)35-54)42(67)31-46-58(9)33-37(50(69)56(5,6)44(58)19-21-60(46,62)11)17-18-41(66)38-34-59(10)45(57(7,8)51(38)70)20-22-61(12)47(59)32-43(68)49-40-36-55(3,4)24-28-65(40,53(72)74-16)30-26-63(49,61)14/h31-34,39-40,44-45,48-49H,19-30,35-36H2,1-16H3. The van der Waals surface area contributed by atoms with E-state index in [-0.39, 0.29) is 92.6 Å². The molecule has 0 bridgehead atoms. The van der Waals surface area contributed by atoms with Crippen LogP contribution in [0.25, 0.3) is 0 Å². The number of Topliss-reactive ketones (excluding diaryl/α,β-unsaturated/α-hetero) is 3. The molecule has 0 radical (unpaired) electrons. The number of fused-ring (bicyclic) bond motifs is 14. The van der Waals surface area contributed by atoms with Crippen molar-refractivity contribution in [2.45, 2.75) is 187 Å². The van der Waals surface area contributed by atoms with E-state index in [0.29, 0.717) is 38.5 Å². The van der Waals surface area contributed by atoms with Gasteiger partial charge < -0.3 is 9.47 Å². The molecule has 74 heavy (non-hydrogen) atoms. The zero-order valence-corrected chi connectivity index (χ0v) is 47.8. The zero-order valence-electron chi connectivity index (χ0n) is 47.8. The van der Waals surface area contributed by atoms with Gasteiger partial charge in [-0.1, -0.05) is 126 Å². The van der Waals surface area contributed by atoms with E-state index >= 15 is 9.59 Å². The summed E-state index contributed by atoms with van der Waals surface area (Å²) < 4.78 is 11.1. The highest BCUT2D eigenvalue weighted by atomic mass is 16.5. The lowest BCUT2D eigenvalue weighted by Crippen LogP contribution is -2.66. The van der Waals surface area contributed by atoms with Crippen molar-refractivity contribution in [2.24, 2.45) is 100 Å². The van der Waals surface area contributed by atoms with E-state index in [4.69, 9.17) is 9.47 Å². The highest BCUT2D eigenvalue weighted by molar-refractivity contribution is 6.28. The van der Waals surface area contributed by atoms with Gasteiger partial charge in [-0.15, -0.1) is 0 Å². The van der Waals surface area contributed by atoms with Gasteiger partial charge in [0.25, 0.3) is 0 Å². The lowest BCUT2D eigenvalue weighted by atomic mass is 9.34. The van der Waals surface area contributed by atoms with Gasteiger partial charge >= 0.3 is 11.9 Å². The Bertz CT molecular complexity index is 2820. The number of carbonyl (C=O) groups is 7. The first kappa shape index (κ1) is 53.2. The van der Waals surface area contributed by atoms with Crippen LogP contribution in [0.1, 0.15) is 187 Å². The number of methoxy groups -OCH3 is 2. The molecule has 9 heteroatoms. The second kappa shape index (κ2) is 16.0. The topological polar surface area (TPSA) is 138 Å². The Morgan fingerprint density at radius 3 is 1.32 bits per heavy atom. The quantitative estimate of drug-likeness (QED) is 0.117. The predicted molar refractivity (Wildman–Crippen MR) is 283 cm³/mol. The van der Waals surface area contributed by atoms with E-state index in [1.165, 1.54) is 14.2 Å². The van der Waals surface area contributed by atoms with Crippen molar-refractivity contribution in [2.75, 3.05) is 14.2 Å². The molecule has 9 nitrogen and oxygen atoms in total. The Balaban J connectivity index is 1.03. The maximum Gasteiger partial charge on any atom is 0.312 e. The summed E-state index contributed by atoms with van der Waals surface area (Å²) in [7, 11) is 2.94. The van der Waals surface area contributed by atoms with Crippen LogP contribution in [0, 0.1) is 112 Å². The van der Waals surface area contributed by atoms with Crippen LogP contribution in [0.15, 0.2) is 46.6 Å². The van der Waals surface area contributed by atoms with Crippen LogP contribution in [0.4, 0.5) is 0 Å². The number of ketones is 5. The summed E-state index contributed by atoms with van der Waals surface area (Å²) in [6.45, 7) is 30.2. The zero-order chi connectivity index (χ0) is 54.4. The molecule has 6 saturated carbocycles. The Hall–Kier alpha value is -4.19. The number of esters is 2. The highest BCUT2D eigenvalue weighted by Gasteiger charge is 2.73. The molecule has 10 aliphatic carbocycles. The number of hydrogen-bond acceptors (Lipinski definition) is 9. The van der Waals surface area contributed by atoms with Gasteiger partial charge in [-0.25, -0.2) is 0 Å². The maximum absolute atomic E-state index is 15.2. The third kappa shape index (κ3) is 6.56. The minimum atomic E-state index is -0.967. The Kier molecular flexibility index (Phi) is 11.5. The fourth-order valence-electron chi connectivity index (χ4n) is 20.7. The Morgan fingerprint density at radius 1 is 0.514 bits per heavy atom. The number of ether oxygens (including phenoxy) is 2. The lowest BCUT2D eigenvalue weighted by Gasteiger charge is -2.68. The van der Waals surface area contributed by atoms with Gasteiger partial charge in [-0.3, -0.25) is 33.6 Å². The summed E-state index contributed by atoms with van der Waals surface area (Å²) in [4.78, 5) is 102. The van der Waals surface area contributed by atoms with Gasteiger partial charge in [0.1, 0.15) is 0 Å². The van der Waals surface area contributed by atoms with Gasteiger partial charge in [-0.2, -0.15) is 0 Å². The van der Waals surface area contributed by atoms with E-state index in [2.05, 4.69) is 81.1 Å². The summed E-state index contributed by atoms with van der Waals surface area (Å²) in [5.41, 5.74) is -4.59. The molecule has 0 aromatic heterocycles. The molecule has 0 aromatic rings. The largest absolute Gasteiger partial charge is 0.469 e. The molecule has 10 aliphatic rings. The van der Waals surface area contributed by atoms with Crippen molar-refractivity contribution < 1.29 is 43.0 Å². The summed E-state index contributed by atoms with van der Waals surface area (Å²) in [5.74, 6) is 3.17. The average Bonchev–Trinajstić information content (AvgIpc) is 3.31. The fraction of sp³-hybridized carbons (Fsp3) is 0.738. The summed E-state index contributed by atoms with van der Waals surface area (Å²) >= 11 is 0. The molecule has 10 rings (SSSR count). The van der Waals surface area contributed by atoms with Crippen molar-refractivity contribution in [3.8, 4) is 11.8 Å². The first-order chi connectivity index (χ1) is 34.1. The number of hydrogen-bond donors (Lipinski definition) is 0. The molecule has 0 amide bonds. The molecule has 0 N–H and O–H groups in total. The summed E-state index contributed by atoms with van der Waals surface area (Å²) in [6.07, 6.45) is 18.0. The smallest absolute Gasteiger partial charge is 0.312 e. The van der Waals surface area contributed by atoms with Crippen LogP contribution in [0.5, 0.6) is 0 Å². The van der Waals surface area contributed by atoms with E-state index in [9.17, 15) is 24.0 Å². The predicted octanol–water partition coefficient (Wildman–Crippen LogP) is 12.3. The van der Waals surface area contributed by atoms with E-state index in [0.717, 1.165) is 62.5 Å². The third-order valence-electron chi connectivity index (χ3n) is 25.2. The Labute approximate surface area is 442 Å². The monoisotopic (exact) mass is 1010 g/mol. The summed E-state index contributed by atoms with van der Waals surface area (Å²) in [6, 6.07) is 0. The number of rotatable bonds is 3. The molecule has 0 aliphatic heterocycles. The number of carbonyl (C=O) groups excluding carboxylic acids is 7. The van der Waals surface area contributed by atoms with Gasteiger partial charge in [0, 0.05) is 33.5 Å². The first-order valence-corrected chi connectivity index (χ1v) is 28.4. The first-order valence-electron chi connectivity index (χ1n) is 28.4. The highest BCUT2D eigenvalue weighted by Crippen LogP contribution is 2.77. The Morgan fingerprint density at radius 2 is 0.905 bits per heavy atom. The minimum Gasteiger partial charge on any atom is -0.469 e. The normalized spacial score (nSPS) is 45.9. The van der Waals surface area contributed by atoms with Gasteiger partial charge in [0.05, 0.1) is 36.2 Å². The van der Waals surface area contributed by atoms with E-state index in [1.807, 2.05) is 52.0 Å². The van der Waals surface area contributed by atoms with Gasteiger partial charge in [0.15, 0.2) is 23.1 Å². The van der Waals surface area contributed by atoms with Gasteiger partial charge in [-0.05, 0) is 164 Å². The van der Waals surface area contributed by atoms with E-state index < -0.39 is 59.9 Å². The van der Waals surface area contributed by atoms with Crippen LogP contribution in [-0.4, -0.2) is 55.1 Å². The average molecular weight is 1010 g/mol. The number of allylic oxidation sites excluding steroid dienone is 8. The molecular formula is C65H86O9. The fourth-order valence-corrected chi connectivity index (χ4v) is 20.7. The molecule has 14 atom stereocenters. The second-order valence-electron chi connectivity index (χ2n) is 30.2. The SMILES string of the molecule is COC(=O)C12CCC(C)(C)CC1C1C(=O)C=C3C4(C)C=C(C#CC(=O)C5=CC6(C)C7=CC(=O)C8C9CC(C)(C)CCC9(C(=O)OC)CCC8(C)C7(C)CCC6C(C)(C)C5=O)C(=O)C(C)(C)C4CCC3(C)C1(C)CC2. The molecule has 400 valence electrons. The van der Waals surface area contributed by atoms with Crippen LogP contribution < -0.4 is 0 Å². The van der Waals surface area contributed by atoms with Crippen molar-refractivity contribution in [1.29, 1.82) is 0 Å². The third-order valence-corrected chi connectivity index (χ3v) is 25.2. The lowest BCUT2D eigenvalue weighted by molar-refractivity contribution is -0.192. The molecule has 0 aromatic carbocycles. The molecule has 0 saturated heterocycles. The van der Waals surface area contributed by atoms with Crippen LogP contribution in [0.2, 0.25) is 0 Å². The van der Waals surface area contributed by atoms with Crippen molar-refractivity contribution in [3.63, 3.8) is 0 Å². The molecular weight excluding hydrogens is 925 g/mol. The molecule has 14 unspecified atom stereocenters. The van der Waals surface area contributed by atoms with Gasteiger partial charge in [0.2, 0.25) is 5.78 Å². The molecule has 0 heterocycles. The second-order valence-corrected chi connectivity index (χ2v) is 30.2.